The van der Waals surface area contributed by atoms with E-state index in [0.717, 1.165) is 43.2 Å². The molecule has 0 bridgehead atoms. The van der Waals surface area contributed by atoms with Crippen LogP contribution in [0.1, 0.15) is 10.5 Å². The van der Waals surface area contributed by atoms with Crippen molar-refractivity contribution < 1.29 is 9.53 Å². The summed E-state index contributed by atoms with van der Waals surface area (Å²) in [5.41, 5.74) is 16.2. The zero-order valence-corrected chi connectivity index (χ0v) is 17.2. The Morgan fingerprint density at radius 2 is 1.88 bits per heavy atom. The van der Waals surface area contributed by atoms with Crippen molar-refractivity contribution in [2.24, 2.45) is 5.73 Å². The topological polar surface area (TPSA) is 148 Å². The number of hydrogen-bond acceptors (Lipinski definition) is 8. The van der Waals surface area contributed by atoms with Gasteiger partial charge in [-0.25, -0.2) is 15.0 Å². The number of nitrogens with zero attached hydrogens (tertiary/aromatic N) is 4. The number of benzene rings is 2. The van der Waals surface area contributed by atoms with Gasteiger partial charge in [-0.2, -0.15) is 0 Å². The Morgan fingerprint density at radius 1 is 1.09 bits per heavy atom. The Labute approximate surface area is 183 Å². The molecule has 0 atom stereocenters. The van der Waals surface area contributed by atoms with Crippen molar-refractivity contribution in [3.8, 4) is 11.3 Å². The van der Waals surface area contributed by atoms with E-state index in [0.29, 0.717) is 16.8 Å². The molecule has 1 saturated heterocycles. The molecule has 0 spiro atoms. The van der Waals surface area contributed by atoms with Gasteiger partial charge in [-0.15, -0.1) is 0 Å². The second-order valence-corrected chi connectivity index (χ2v) is 7.39. The number of amides is 1. The second kappa shape index (κ2) is 8.16. The summed E-state index contributed by atoms with van der Waals surface area (Å²) in [5, 5.41) is 3.12. The van der Waals surface area contributed by atoms with Crippen molar-refractivity contribution >= 4 is 40.0 Å². The average Bonchev–Trinajstić information content (AvgIpc) is 3.29. The first-order valence-electron chi connectivity index (χ1n) is 10.2. The van der Waals surface area contributed by atoms with E-state index in [1.165, 1.54) is 0 Å². The molecule has 1 fully saturated rings. The highest BCUT2D eigenvalue weighted by atomic mass is 16.5. The number of anilines is 4. The monoisotopic (exact) mass is 430 g/mol. The molecule has 5 rings (SSSR count). The lowest BCUT2D eigenvalue weighted by Crippen LogP contribution is -2.36. The van der Waals surface area contributed by atoms with Gasteiger partial charge < -0.3 is 31.4 Å². The number of nitrogens with two attached hydrogens (primary N) is 2. The second-order valence-electron chi connectivity index (χ2n) is 7.39. The van der Waals surface area contributed by atoms with Gasteiger partial charge in [0.15, 0.2) is 17.3 Å². The molecule has 4 aromatic rings. The van der Waals surface area contributed by atoms with E-state index < -0.39 is 5.91 Å². The molecule has 0 unspecified atom stereocenters. The minimum absolute atomic E-state index is 0.000931. The highest BCUT2D eigenvalue weighted by Crippen LogP contribution is 2.31. The number of aromatic nitrogens is 4. The highest BCUT2D eigenvalue weighted by Gasteiger charge is 2.20. The molecular weight excluding hydrogens is 408 g/mol. The van der Waals surface area contributed by atoms with Crippen LogP contribution in [0.25, 0.3) is 22.3 Å². The molecule has 162 valence electrons. The third kappa shape index (κ3) is 3.67. The van der Waals surface area contributed by atoms with E-state index in [4.69, 9.17) is 16.2 Å². The fourth-order valence-corrected chi connectivity index (χ4v) is 3.78. The number of hydrogen-bond donors (Lipinski definition) is 4. The predicted octanol–water partition coefficient (Wildman–Crippen LogP) is 2.28. The van der Waals surface area contributed by atoms with E-state index in [9.17, 15) is 4.79 Å². The summed E-state index contributed by atoms with van der Waals surface area (Å²) in [6, 6.07) is 13.4. The molecule has 0 saturated carbocycles. The Balaban J connectivity index is 1.47. The van der Waals surface area contributed by atoms with Crippen LogP contribution in [-0.2, 0) is 4.74 Å². The molecule has 1 aliphatic rings. The first-order chi connectivity index (χ1) is 15.6. The Hall–Kier alpha value is -4.18. The number of carbonyl (C=O) groups excluding carboxylic acids is 1. The van der Waals surface area contributed by atoms with Crippen LogP contribution in [0.5, 0.6) is 0 Å². The van der Waals surface area contributed by atoms with E-state index in [-0.39, 0.29) is 17.3 Å². The van der Waals surface area contributed by atoms with Crippen molar-refractivity contribution in [3.63, 3.8) is 0 Å². The van der Waals surface area contributed by atoms with Crippen LogP contribution >= 0.6 is 0 Å². The fraction of sp³-hybridized carbons (Fsp3) is 0.182. The minimum Gasteiger partial charge on any atom is -0.382 e. The number of nitrogens with one attached hydrogen (secondary N) is 2. The predicted molar refractivity (Wildman–Crippen MR) is 123 cm³/mol. The molecule has 10 nitrogen and oxygen atoms in total. The normalized spacial score (nSPS) is 13.9. The van der Waals surface area contributed by atoms with Crippen molar-refractivity contribution in [3.05, 3.63) is 54.5 Å². The quantitative estimate of drug-likeness (QED) is 0.377. The van der Waals surface area contributed by atoms with Crippen LogP contribution in [0.3, 0.4) is 0 Å². The van der Waals surface area contributed by atoms with E-state index >= 15 is 0 Å². The van der Waals surface area contributed by atoms with Gasteiger partial charge in [-0.05, 0) is 30.3 Å². The summed E-state index contributed by atoms with van der Waals surface area (Å²) >= 11 is 0. The summed E-state index contributed by atoms with van der Waals surface area (Å²) in [6.07, 6.45) is 1.59. The maximum absolute atomic E-state index is 12.2. The van der Waals surface area contributed by atoms with Crippen LogP contribution in [-0.4, -0.2) is 52.1 Å². The number of H-pyrrole nitrogens is 1. The molecule has 0 radical (unpaired) electrons. The maximum atomic E-state index is 12.2. The van der Waals surface area contributed by atoms with Crippen LogP contribution in [0.4, 0.5) is 23.0 Å². The van der Waals surface area contributed by atoms with Gasteiger partial charge in [-0.1, -0.05) is 12.1 Å². The molecule has 2 aromatic carbocycles. The lowest BCUT2D eigenvalue weighted by molar-refractivity contribution is 0.0996. The van der Waals surface area contributed by atoms with Gasteiger partial charge in [0.1, 0.15) is 5.69 Å². The van der Waals surface area contributed by atoms with Gasteiger partial charge >= 0.3 is 0 Å². The van der Waals surface area contributed by atoms with Crippen LogP contribution in [0, 0.1) is 0 Å². The van der Waals surface area contributed by atoms with Crippen LogP contribution in [0.2, 0.25) is 0 Å². The number of aromatic amines is 1. The molecule has 1 aliphatic heterocycles. The SMILES string of the molecule is NC(=O)c1nc(-c2cccc3[nH]cnc23)c(N)nc1Nc1ccc(N2CCOCC2)cc1. The van der Waals surface area contributed by atoms with E-state index in [1.807, 2.05) is 42.5 Å². The van der Waals surface area contributed by atoms with Crippen LogP contribution in [0.15, 0.2) is 48.8 Å². The summed E-state index contributed by atoms with van der Waals surface area (Å²) in [7, 11) is 0. The number of fused-ring (bicyclic) bond motifs is 1. The number of imidazole rings is 1. The molecule has 3 heterocycles. The Bertz CT molecular complexity index is 1280. The number of rotatable bonds is 5. The lowest BCUT2D eigenvalue weighted by Gasteiger charge is -2.28. The van der Waals surface area contributed by atoms with Crippen LogP contribution < -0.4 is 21.7 Å². The largest absolute Gasteiger partial charge is 0.382 e. The zero-order valence-electron chi connectivity index (χ0n) is 17.2. The third-order valence-electron chi connectivity index (χ3n) is 5.37. The maximum Gasteiger partial charge on any atom is 0.271 e. The van der Waals surface area contributed by atoms with E-state index in [1.54, 1.807) is 6.33 Å². The Morgan fingerprint density at radius 3 is 2.62 bits per heavy atom. The van der Waals surface area contributed by atoms with Gasteiger partial charge in [-0.3, -0.25) is 4.79 Å². The summed E-state index contributed by atoms with van der Waals surface area (Å²) in [4.78, 5) is 30.7. The molecule has 10 heteroatoms. The third-order valence-corrected chi connectivity index (χ3v) is 5.37. The highest BCUT2D eigenvalue weighted by molar-refractivity contribution is 5.99. The average molecular weight is 430 g/mol. The summed E-state index contributed by atoms with van der Waals surface area (Å²) in [5.74, 6) is -0.342. The van der Waals surface area contributed by atoms with Crippen molar-refractivity contribution in [1.29, 1.82) is 0 Å². The summed E-state index contributed by atoms with van der Waals surface area (Å²) < 4.78 is 5.40. The molecule has 2 aromatic heterocycles. The minimum atomic E-state index is -0.708. The van der Waals surface area contributed by atoms with Gasteiger partial charge in [0, 0.05) is 30.0 Å². The molecule has 1 amide bonds. The molecule has 6 N–H and O–H groups in total. The number of morpholine rings is 1. The number of carbonyl (C=O) groups is 1. The fourth-order valence-electron chi connectivity index (χ4n) is 3.78. The first kappa shape index (κ1) is 19.8. The van der Waals surface area contributed by atoms with Gasteiger partial charge in [0.05, 0.1) is 30.6 Å². The zero-order chi connectivity index (χ0) is 22.1. The number of para-hydroxylation sites is 1. The van der Waals surface area contributed by atoms with Crippen molar-refractivity contribution in [2.75, 3.05) is 42.3 Å². The number of ether oxygens (including phenoxy) is 1. The molecule has 32 heavy (non-hydrogen) atoms. The molecule has 0 aliphatic carbocycles. The number of nitrogen functional groups attached to an aromatic ring is 1. The first-order valence-corrected chi connectivity index (χ1v) is 10.2. The summed E-state index contributed by atoms with van der Waals surface area (Å²) in [6.45, 7) is 3.14. The van der Waals surface area contributed by atoms with E-state index in [2.05, 4.69) is 30.2 Å². The standard InChI is InChI=1S/C22H22N8O2/c23-20-18(15-2-1-3-16-17(15)26-12-25-16)28-19(21(24)31)22(29-20)27-13-4-6-14(7-5-13)30-8-10-32-11-9-30/h1-7,12H,8-11H2,(H2,24,31)(H,25,26)(H3,23,27,29). The van der Waals surface area contributed by atoms with Crippen molar-refractivity contribution in [1.82, 2.24) is 19.9 Å². The van der Waals surface area contributed by atoms with Gasteiger partial charge in [0.2, 0.25) is 0 Å². The smallest absolute Gasteiger partial charge is 0.271 e. The Kier molecular flexibility index (Phi) is 5.04. The van der Waals surface area contributed by atoms with Gasteiger partial charge in [0.25, 0.3) is 5.91 Å². The van der Waals surface area contributed by atoms with Crippen molar-refractivity contribution in [2.45, 2.75) is 0 Å². The lowest BCUT2D eigenvalue weighted by atomic mass is 10.1. The molecular formula is C22H22N8O2. The number of primary amides is 1.